The van der Waals surface area contributed by atoms with Crippen LogP contribution in [0.3, 0.4) is 0 Å². The quantitative estimate of drug-likeness (QED) is 0.758. The Kier molecular flexibility index (Phi) is 4.81. The molecule has 5 nitrogen and oxygen atoms in total. The number of carbonyl (C=O) groups is 1. The lowest BCUT2D eigenvalue weighted by atomic mass is 10.1. The number of para-hydroxylation sites is 1. The molecule has 0 fully saturated rings. The largest absolute Gasteiger partial charge is 0.493 e. The van der Waals surface area contributed by atoms with Crippen molar-refractivity contribution >= 4 is 5.91 Å². The van der Waals surface area contributed by atoms with E-state index in [9.17, 15) is 4.79 Å². The van der Waals surface area contributed by atoms with E-state index in [-0.39, 0.29) is 5.69 Å². The third-order valence-electron chi connectivity index (χ3n) is 3.56. The number of aromatic nitrogens is 2. The molecule has 5 heteroatoms. The van der Waals surface area contributed by atoms with Crippen LogP contribution in [0.15, 0.2) is 67.0 Å². The van der Waals surface area contributed by atoms with Crippen molar-refractivity contribution < 1.29 is 9.53 Å². The van der Waals surface area contributed by atoms with Crippen molar-refractivity contribution in [2.75, 3.05) is 6.61 Å². The van der Waals surface area contributed by atoms with Crippen molar-refractivity contribution in [1.29, 1.82) is 0 Å². The van der Waals surface area contributed by atoms with Crippen molar-refractivity contribution in [2.24, 2.45) is 5.73 Å². The number of nitrogens with two attached hydrogens (primary N) is 1. The molecule has 2 N–H and O–H groups in total. The number of hydrogen-bond acceptors (Lipinski definition) is 4. The number of carbonyl (C=O) groups excluding carboxylic acids is 1. The number of hydrogen-bond donors (Lipinski definition) is 1. The molecule has 1 aromatic heterocycles. The van der Waals surface area contributed by atoms with Gasteiger partial charge in [0.1, 0.15) is 11.4 Å². The smallest absolute Gasteiger partial charge is 0.269 e. The third kappa shape index (κ3) is 3.57. The molecule has 120 valence electrons. The van der Waals surface area contributed by atoms with E-state index in [1.54, 1.807) is 0 Å². The zero-order valence-electron chi connectivity index (χ0n) is 13.1. The van der Waals surface area contributed by atoms with Crippen molar-refractivity contribution in [2.45, 2.75) is 6.42 Å². The molecule has 0 atom stereocenters. The first kappa shape index (κ1) is 15.7. The van der Waals surface area contributed by atoms with Crippen molar-refractivity contribution in [3.05, 3.63) is 78.2 Å². The molecule has 1 heterocycles. The van der Waals surface area contributed by atoms with E-state index in [1.807, 2.05) is 42.5 Å². The summed E-state index contributed by atoms with van der Waals surface area (Å²) in [6.45, 7) is 0.521. The lowest BCUT2D eigenvalue weighted by Gasteiger charge is -2.12. The summed E-state index contributed by atoms with van der Waals surface area (Å²) in [4.78, 5) is 19.9. The van der Waals surface area contributed by atoms with Gasteiger partial charge in [-0.15, -0.1) is 0 Å². The fraction of sp³-hybridized carbons (Fsp3) is 0.105. The highest BCUT2D eigenvalue weighted by Gasteiger charge is 2.16. The highest BCUT2D eigenvalue weighted by molar-refractivity contribution is 5.97. The first-order valence-electron chi connectivity index (χ1n) is 7.62. The second kappa shape index (κ2) is 7.37. The molecule has 0 spiro atoms. The Balaban J connectivity index is 1.82. The SMILES string of the molecule is NC(=O)c1nccnc1-c1ccccc1OCCc1ccccc1. The second-order valence-electron chi connectivity index (χ2n) is 5.20. The lowest BCUT2D eigenvalue weighted by Crippen LogP contribution is -2.15. The molecule has 0 saturated heterocycles. The average Bonchev–Trinajstić information content (AvgIpc) is 2.63. The minimum absolute atomic E-state index is 0.136. The van der Waals surface area contributed by atoms with Crippen molar-refractivity contribution in [1.82, 2.24) is 9.97 Å². The molecule has 0 bridgehead atoms. The zero-order chi connectivity index (χ0) is 16.8. The Labute approximate surface area is 140 Å². The normalized spacial score (nSPS) is 10.3. The number of amides is 1. The van der Waals surface area contributed by atoms with Crippen molar-refractivity contribution in [3.8, 4) is 17.0 Å². The van der Waals surface area contributed by atoms with Crippen molar-refractivity contribution in [3.63, 3.8) is 0 Å². The molecule has 1 amide bonds. The van der Waals surface area contributed by atoms with Crippen LogP contribution in [0.1, 0.15) is 16.1 Å². The van der Waals surface area contributed by atoms with Gasteiger partial charge in [-0.3, -0.25) is 9.78 Å². The highest BCUT2D eigenvalue weighted by Crippen LogP contribution is 2.29. The van der Waals surface area contributed by atoms with Gasteiger partial charge in [0, 0.05) is 24.4 Å². The van der Waals surface area contributed by atoms with Crippen LogP contribution in [0.2, 0.25) is 0 Å². The summed E-state index contributed by atoms with van der Waals surface area (Å²) in [6.07, 6.45) is 3.77. The Hall–Kier alpha value is -3.21. The van der Waals surface area contributed by atoms with Gasteiger partial charge >= 0.3 is 0 Å². The van der Waals surface area contributed by atoms with E-state index >= 15 is 0 Å². The maximum atomic E-state index is 11.6. The van der Waals surface area contributed by atoms with Crippen LogP contribution in [0.5, 0.6) is 5.75 Å². The summed E-state index contributed by atoms with van der Waals surface area (Å²) in [5.74, 6) is 0.0358. The minimum atomic E-state index is -0.614. The zero-order valence-corrected chi connectivity index (χ0v) is 13.1. The Morgan fingerprint density at radius 3 is 2.46 bits per heavy atom. The van der Waals surface area contributed by atoms with Gasteiger partial charge in [-0.2, -0.15) is 0 Å². The van der Waals surface area contributed by atoms with Crippen LogP contribution in [0, 0.1) is 0 Å². The molecule has 2 aromatic carbocycles. The number of nitrogens with zero attached hydrogens (tertiary/aromatic N) is 2. The molecule has 0 unspecified atom stereocenters. The molecular formula is C19H17N3O2. The van der Waals surface area contributed by atoms with E-state index in [4.69, 9.17) is 10.5 Å². The van der Waals surface area contributed by atoms with E-state index in [0.717, 1.165) is 6.42 Å². The topological polar surface area (TPSA) is 78.1 Å². The Morgan fingerprint density at radius 2 is 1.67 bits per heavy atom. The molecule has 0 radical (unpaired) electrons. The van der Waals surface area contributed by atoms with Gasteiger partial charge in [0.15, 0.2) is 5.69 Å². The summed E-state index contributed by atoms with van der Waals surface area (Å²) in [7, 11) is 0. The first-order chi connectivity index (χ1) is 11.8. The third-order valence-corrected chi connectivity index (χ3v) is 3.56. The summed E-state index contributed by atoms with van der Waals surface area (Å²) >= 11 is 0. The molecule has 0 aliphatic carbocycles. The Bertz CT molecular complexity index is 835. The van der Waals surface area contributed by atoms with Gasteiger partial charge in [-0.25, -0.2) is 4.98 Å². The van der Waals surface area contributed by atoms with Gasteiger partial charge in [0.25, 0.3) is 5.91 Å². The van der Waals surface area contributed by atoms with Gasteiger partial charge in [0.2, 0.25) is 0 Å². The molecule has 0 aliphatic rings. The Morgan fingerprint density at radius 1 is 0.958 bits per heavy atom. The summed E-state index contributed by atoms with van der Waals surface area (Å²) < 4.78 is 5.91. The molecule has 3 rings (SSSR count). The fourth-order valence-corrected chi connectivity index (χ4v) is 2.43. The van der Waals surface area contributed by atoms with Crippen LogP contribution >= 0.6 is 0 Å². The summed E-state index contributed by atoms with van der Waals surface area (Å²) in [5, 5.41) is 0. The number of benzene rings is 2. The number of primary amides is 1. The van der Waals surface area contributed by atoms with Gasteiger partial charge in [0.05, 0.1) is 6.61 Å². The van der Waals surface area contributed by atoms with Gasteiger partial charge in [-0.05, 0) is 17.7 Å². The fourth-order valence-electron chi connectivity index (χ4n) is 2.43. The maximum Gasteiger partial charge on any atom is 0.269 e. The molecular weight excluding hydrogens is 302 g/mol. The predicted molar refractivity (Wildman–Crippen MR) is 91.6 cm³/mol. The summed E-state index contributed by atoms with van der Waals surface area (Å²) in [6, 6.07) is 17.5. The molecule has 0 saturated carbocycles. The van der Waals surface area contributed by atoms with Crippen LogP contribution < -0.4 is 10.5 Å². The molecule has 0 aliphatic heterocycles. The van der Waals surface area contributed by atoms with E-state index in [1.165, 1.54) is 18.0 Å². The van der Waals surface area contributed by atoms with E-state index in [0.29, 0.717) is 23.6 Å². The summed E-state index contributed by atoms with van der Waals surface area (Å²) in [5.41, 5.74) is 7.87. The van der Waals surface area contributed by atoms with Crippen LogP contribution in [-0.4, -0.2) is 22.5 Å². The standard InChI is InChI=1S/C19H17N3O2/c20-19(23)18-17(21-11-12-22-18)15-8-4-5-9-16(15)24-13-10-14-6-2-1-3-7-14/h1-9,11-12H,10,13H2,(H2,20,23). The minimum Gasteiger partial charge on any atom is -0.493 e. The maximum absolute atomic E-state index is 11.6. The molecule has 3 aromatic rings. The van der Waals surface area contributed by atoms with Crippen LogP contribution in [0.25, 0.3) is 11.3 Å². The highest BCUT2D eigenvalue weighted by atomic mass is 16.5. The van der Waals surface area contributed by atoms with Crippen LogP contribution in [-0.2, 0) is 6.42 Å². The number of ether oxygens (including phenoxy) is 1. The second-order valence-corrected chi connectivity index (χ2v) is 5.20. The monoisotopic (exact) mass is 319 g/mol. The van der Waals surface area contributed by atoms with Crippen LogP contribution in [0.4, 0.5) is 0 Å². The van der Waals surface area contributed by atoms with E-state index in [2.05, 4.69) is 22.1 Å². The van der Waals surface area contributed by atoms with Gasteiger partial charge < -0.3 is 10.5 Å². The first-order valence-corrected chi connectivity index (χ1v) is 7.62. The van der Waals surface area contributed by atoms with E-state index < -0.39 is 5.91 Å². The number of rotatable bonds is 6. The van der Waals surface area contributed by atoms with Gasteiger partial charge in [-0.1, -0.05) is 42.5 Å². The molecule has 24 heavy (non-hydrogen) atoms. The average molecular weight is 319 g/mol. The lowest BCUT2D eigenvalue weighted by molar-refractivity contribution is 0.0996. The predicted octanol–water partition coefficient (Wildman–Crippen LogP) is 2.86.